The lowest BCUT2D eigenvalue weighted by molar-refractivity contribution is 0.100. The number of nitrogens with two attached hydrogens (primary N) is 1. The van der Waals surface area contributed by atoms with Gasteiger partial charge in [-0.15, -0.1) is 0 Å². The lowest BCUT2D eigenvalue weighted by Crippen LogP contribution is -2.33. The molecule has 1 aliphatic heterocycles. The van der Waals surface area contributed by atoms with Crippen LogP contribution in [0.2, 0.25) is 0 Å². The van der Waals surface area contributed by atoms with Crippen molar-refractivity contribution < 1.29 is 9.53 Å². The molecule has 4 N–H and O–H groups in total. The molecule has 0 atom stereocenters. The number of hydrogen-bond acceptors (Lipinski definition) is 3. The third kappa shape index (κ3) is 3.86. The van der Waals surface area contributed by atoms with E-state index in [-0.39, 0.29) is 5.91 Å². The third-order valence-corrected chi connectivity index (χ3v) is 6.92. The van der Waals surface area contributed by atoms with Crippen LogP contribution in [-0.2, 0) is 6.42 Å². The average Bonchev–Trinajstić information content (AvgIpc) is 3.43. The molecule has 1 fully saturated rings. The second kappa shape index (κ2) is 8.71. The minimum absolute atomic E-state index is 0.373. The summed E-state index contributed by atoms with van der Waals surface area (Å²) >= 11 is 0. The highest BCUT2D eigenvalue weighted by Crippen LogP contribution is 2.34. The van der Waals surface area contributed by atoms with Crippen LogP contribution >= 0.6 is 0 Å². The number of nitrogens with zero attached hydrogens (tertiary/aromatic N) is 1. The topological polar surface area (TPSA) is 87.1 Å². The van der Waals surface area contributed by atoms with Crippen LogP contribution in [-0.4, -0.2) is 47.5 Å². The monoisotopic (exact) mass is 430 g/mol. The Morgan fingerprint density at radius 1 is 1.12 bits per heavy atom. The van der Waals surface area contributed by atoms with Crippen LogP contribution in [0.25, 0.3) is 21.8 Å². The van der Waals surface area contributed by atoms with E-state index >= 15 is 0 Å². The molecule has 5 rings (SSSR count). The number of carbonyl (C=O) groups is 1. The average molecular weight is 431 g/mol. The maximum atomic E-state index is 11.6. The molecule has 32 heavy (non-hydrogen) atoms. The number of aromatic amines is 2. The van der Waals surface area contributed by atoms with E-state index in [0.717, 1.165) is 67.5 Å². The Balaban J connectivity index is 1.19. The lowest BCUT2D eigenvalue weighted by Gasteiger charge is -2.32. The standard InChI is InChI=1S/C26H30N4O2/c1-32-24-6-2-5-23-25(24)19(15-28-23)4-3-11-30-12-9-17(10-13-30)21-16-29-22-8-7-18(26(27)31)14-20(21)22/h2,5-8,14-17,28-29H,3-4,9-13H2,1H3,(H2,27,31). The Kier molecular flexibility index (Phi) is 5.62. The summed E-state index contributed by atoms with van der Waals surface area (Å²) < 4.78 is 5.56. The summed E-state index contributed by atoms with van der Waals surface area (Å²) in [7, 11) is 1.73. The molecule has 0 bridgehead atoms. The Hall–Kier alpha value is -3.25. The van der Waals surface area contributed by atoms with Crippen molar-refractivity contribution in [2.45, 2.75) is 31.6 Å². The number of fused-ring (bicyclic) bond motifs is 2. The van der Waals surface area contributed by atoms with E-state index in [1.165, 1.54) is 16.5 Å². The van der Waals surface area contributed by atoms with Crippen LogP contribution in [0.3, 0.4) is 0 Å². The molecule has 1 aliphatic rings. The Bertz CT molecular complexity index is 1250. The van der Waals surface area contributed by atoms with Crippen molar-refractivity contribution in [1.29, 1.82) is 0 Å². The number of piperidine rings is 1. The number of nitrogens with one attached hydrogen (secondary N) is 2. The van der Waals surface area contributed by atoms with E-state index in [0.29, 0.717) is 11.5 Å². The third-order valence-electron chi connectivity index (χ3n) is 6.92. The number of methoxy groups -OCH3 is 1. The zero-order valence-electron chi connectivity index (χ0n) is 18.5. The van der Waals surface area contributed by atoms with Crippen LogP contribution in [0.1, 0.15) is 46.7 Å². The van der Waals surface area contributed by atoms with E-state index < -0.39 is 0 Å². The molecule has 0 spiro atoms. The fourth-order valence-electron chi connectivity index (χ4n) is 5.18. The van der Waals surface area contributed by atoms with Crippen LogP contribution in [0.5, 0.6) is 5.75 Å². The van der Waals surface area contributed by atoms with Gasteiger partial charge >= 0.3 is 0 Å². The molecule has 0 aliphatic carbocycles. The van der Waals surface area contributed by atoms with Gasteiger partial charge in [0.1, 0.15) is 5.75 Å². The Morgan fingerprint density at radius 2 is 1.94 bits per heavy atom. The zero-order valence-corrected chi connectivity index (χ0v) is 18.5. The molecule has 0 unspecified atom stereocenters. The van der Waals surface area contributed by atoms with Gasteiger partial charge in [0, 0.05) is 39.8 Å². The van der Waals surface area contributed by atoms with E-state index in [1.807, 2.05) is 24.3 Å². The summed E-state index contributed by atoms with van der Waals surface area (Å²) in [6.45, 7) is 3.31. The number of primary amides is 1. The van der Waals surface area contributed by atoms with Crippen LogP contribution in [0.4, 0.5) is 0 Å². The van der Waals surface area contributed by atoms with Crippen molar-refractivity contribution in [2.24, 2.45) is 5.73 Å². The maximum absolute atomic E-state index is 11.6. The molecule has 1 saturated heterocycles. The Labute approximate surface area is 187 Å². The van der Waals surface area contributed by atoms with Gasteiger partial charge in [-0.1, -0.05) is 6.07 Å². The van der Waals surface area contributed by atoms with Gasteiger partial charge in [0.25, 0.3) is 0 Å². The number of carbonyl (C=O) groups excluding carboxylic acids is 1. The van der Waals surface area contributed by atoms with Gasteiger partial charge in [0.2, 0.25) is 5.91 Å². The molecule has 2 aromatic carbocycles. The van der Waals surface area contributed by atoms with Gasteiger partial charge in [-0.05, 0) is 92.7 Å². The number of ether oxygens (including phenoxy) is 1. The molecular formula is C26H30N4O2. The normalized spacial score (nSPS) is 15.5. The van der Waals surface area contributed by atoms with Gasteiger partial charge in [0.15, 0.2) is 0 Å². The first-order chi connectivity index (χ1) is 15.6. The largest absolute Gasteiger partial charge is 0.496 e. The number of aryl methyl sites for hydroxylation is 1. The van der Waals surface area contributed by atoms with Gasteiger partial charge in [-0.2, -0.15) is 0 Å². The molecule has 4 aromatic rings. The number of hydrogen-bond donors (Lipinski definition) is 3. The fourth-order valence-corrected chi connectivity index (χ4v) is 5.18. The van der Waals surface area contributed by atoms with E-state index in [2.05, 4.69) is 33.3 Å². The van der Waals surface area contributed by atoms with E-state index in [9.17, 15) is 4.79 Å². The van der Waals surface area contributed by atoms with E-state index in [1.54, 1.807) is 13.2 Å². The quantitative estimate of drug-likeness (QED) is 0.401. The number of H-pyrrole nitrogens is 2. The van der Waals surface area contributed by atoms with Gasteiger partial charge < -0.3 is 25.3 Å². The molecule has 6 nitrogen and oxygen atoms in total. The number of likely N-dealkylation sites (tertiary alicyclic amines) is 1. The van der Waals surface area contributed by atoms with Gasteiger partial charge in [-0.25, -0.2) is 0 Å². The summed E-state index contributed by atoms with van der Waals surface area (Å²) in [5, 5.41) is 2.34. The summed E-state index contributed by atoms with van der Waals surface area (Å²) in [6, 6.07) is 11.8. The molecule has 1 amide bonds. The predicted octanol–water partition coefficient (Wildman–Crippen LogP) is 4.57. The van der Waals surface area contributed by atoms with Crippen LogP contribution < -0.4 is 10.5 Å². The summed E-state index contributed by atoms with van der Waals surface area (Å²) in [6.07, 6.45) is 8.67. The zero-order chi connectivity index (χ0) is 22.1. The maximum Gasteiger partial charge on any atom is 0.248 e. The number of aromatic nitrogens is 2. The van der Waals surface area contributed by atoms with Gasteiger partial charge in [0.05, 0.1) is 7.11 Å². The molecule has 0 radical (unpaired) electrons. The lowest BCUT2D eigenvalue weighted by atomic mass is 9.88. The smallest absolute Gasteiger partial charge is 0.248 e. The predicted molar refractivity (Wildman–Crippen MR) is 128 cm³/mol. The van der Waals surface area contributed by atoms with Crippen molar-refractivity contribution in [2.75, 3.05) is 26.7 Å². The second-order valence-electron chi connectivity index (χ2n) is 8.78. The molecule has 6 heteroatoms. The van der Waals surface area contributed by atoms with Crippen LogP contribution in [0, 0.1) is 0 Å². The highest BCUT2D eigenvalue weighted by molar-refractivity contribution is 5.98. The first kappa shape index (κ1) is 20.6. The minimum Gasteiger partial charge on any atom is -0.496 e. The minimum atomic E-state index is -0.373. The van der Waals surface area contributed by atoms with Crippen molar-refractivity contribution in [3.63, 3.8) is 0 Å². The first-order valence-corrected chi connectivity index (χ1v) is 11.4. The Morgan fingerprint density at radius 3 is 2.72 bits per heavy atom. The summed E-state index contributed by atoms with van der Waals surface area (Å²) in [4.78, 5) is 20.9. The summed E-state index contributed by atoms with van der Waals surface area (Å²) in [5.74, 6) is 1.08. The molecule has 0 saturated carbocycles. The van der Waals surface area contributed by atoms with Gasteiger partial charge in [-0.3, -0.25) is 4.79 Å². The number of rotatable bonds is 7. The molecular weight excluding hydrogens is 400 g/mol. The van der Waals surface area contributed by atoms with Crippen molar-refractivity contribution in [3.05, 3.63) is 65.5 Å². The van der Waals surface area contributed by atoms with Crippen LogP contribution in [0.15, 0.2) is 48.8 Å². The molecule has 2 aromatic heterocycles. The van der Waals surface area contributed by atoms with Crippen molar-refractivity contribution in [3.8, 4) is 5.75 Å². The highest BCUT2D eigenvalue weighted by atomic mass is 16.5. The fraction of sp³-hybridized carbons (Fsp3) is 0.346. The molecule has 3 heterocycles. The molecule has 166 valence electrons. The first-order valence-electron chi connectivity index (χ1n) is 11.4. The van der Waals surface area contributed by atoms with Crippen molar-refractivity contribution >= 4 is 27.7 Å². The highest BCUT2D eigenvalue weighted by Gasteiger charge is 2.23. The number of benzene rings is 2. The van der Waals surface area contributed by atoms with E-state index in [4.69, 9.17) is 10.5 Å². The van der Waals surface area contributed by atoms with Crippen molar-refractivity contribution in [1.82, 2.24) is 14.9 Å². The second-order valence-corrected chi connectivity index (χ2v) is 8.78. The number of amides is 1. The summed E-state index contributed by atoms with van der Waals surface area (Å²) in [5.41, 5.74) is 10.9. The SMILES string of the molecule is COc1cccc2[nH]cc(CCCN3CCC(c4c[nH]c5ccc(C(N)=O)cc45)CC3)c12.